The van der Waals surface area contributed by atoms with Gasteiger partial charge in [-0.05, 0) is 37.6 Å². The molecule has 1 amide bonds. The second kappa shape index (κ2) is 7.78. The summed E-state index contributed by atoms with van der Waals surface area (Å²) in [4.78, 5) is 32.6. The molecule has 0 radical (unpaired) electrons. The fourth-order valence-corrected chi connectivity index (χ4v) is 1.42. The predicted octanol–water partition coefficient (Wildman–Crippen LogP) is 1.68. The number of nitro benzene ring substituents is 1. The first-order valence-electron chi connectivity index (χ1n) is 6.27. The van der Waals surface area contributed by atoms with Crippen LogP contribution in [0.5, 0.6) is 0 Å². The van der Waals surface area contributed by atoms with Gasteiger partial charge in [0, 0.05) is 24.3 Å². The number of carbonyl (C=O) groups is 2. The SMILES string of the molecule is CC(C)NC(=O)COC(=O)/C=C/c1ccc([N+](=O)[O-])cc1. The summed E-state index contributed by atoms with van der Waals surface area (Å²) in [6.07, 6.45) is 2.61. The Balaban J connectivity index is 2.47. The third-order valence-corrected chi connectivity index (χ3v) is 2.31. The number of nitro groups is 1. The van der Waals surface area contributed by atoms with Crippen LogP contribution in [0, 0.1) is 10.1 Å². The van der Waals surface area contributed by atoms with E-state index in [1.807, 2.05) is 0 Å². The Morgan fingerprint density at radius 3 is 2.48 bits per heavy atom. The number of non-ortho nitro benzene ring substituents is 1. The van der Waals surface area contributed by atoms with E-state index in [4.69, 9.17) is 4.74 Å². The predicted molar refractivity (Wildman–Crippen MR) is 76.4 cm³/mol. The van der Waals surface area contributed by atoms with Crippen molar-refractivity contribution in [2.45, 2.75) is 19.9 Å². The maximum Gasteiger partial charge on any atom is 0.331 e. The minimum atomic E-state index is -0.660. The van der Waals surface area contributed by atoms with Crippen molar-refractivity contribution in [2.75, 3.05) is 6.61 Å². The molecule has 0 aliphatic rings. The Morgan fingerprint density at radius 1 is 1.33 bits per heavy atom. The third-order valence-electron chi connectivity index (χ3n) is 2.31. The van der Waals surface area contributed by atoms with E-state index in [0.29, 0.717) is 5.56 Å². The molecule has 7 heteroatoms. The van der Waals surface area contributed by atoms with Gasteiger partial charge in [-0.1, -0.05) is 0 Å². The molecule has 112 valence electrons. The molecule has 1 N–H and O–H groups in total. The van der Waals surface area contributed by atoms with Gasteiger partial charge in [0.25, 0.3) is 11.6 Å². The summed E-state index contributed by atoms with van der Waals surface area (Å²) in [5.74, 6) is -1.03. The number of hydrogen-bond donors (Lipinski definition) is 1. The Kier molecular flexibility index (Phi) is 6.06. The van der Waals surface area contributed by atoms with Crippen LogP contribution in [0.3, 0.4) is 0 Å². The Morgan fingerprint density at radius 2 is 1.95 bits per heavy atom. The zero-order valence-corrected chi connectivity index (χ0v) is 11.7. The Bertz CT molecular complexity index is 549. The molecule has 0 fully saturated rings. The van der Waals surface area contributed by atoms with Crippen molar-refractivity contribution in [2.24, 2.45) is 0 Å². The van der Waals surface area contributed by atoms with Gasteiger partial charge in [-0.3, -0.25) is 14.9 Å². The highest BCUT2D eigenvalue weighted by molar-refractivity contribution is 5.89. The summed E-state index contributed by atoms with van der Waals surface area (Å²) in [6, 6.07) is 5.66. The van der Waals surface area contributed by atoms with E-state index in [1.165, 1.54) is 30.3 Å². The van der Waals surface area contributed by atoms with Gasteiger partial charge in [-0.2, -0.15) is 0 Å². The van der Waals surface area contributed by atoms with E-state index in [1.54, 1.807) is 13.8 Å². The van der Waals surface area contributed by atoms with E-state index in [-0.39, 0.29) is 24.2 Å². The monoisotopic (exact) mass is 292 g/mol. The summed E-state index contributed by atoms with van der Waals surface area (Å²) in [5.41, 5.74) is 0.587. The maximum absolute atomic E-state index is 11.4. The second-order valence-electron chi connectivity index (χ2n) is 4.51. The molecule has 0 aliphatic heterocycles. The number of carbonyl (C=O) groups excluding carboxylic acids is 2. The van der Waals surface area contributed by atoms with Crippen LogP contribution in [0.4, 0.5) is 5.69 Å². The summed E-state index contributed by atoms with van der Waals surface area (Å²) in [6.45, 7) is 3.25. The molecule has 0 aromatic heterocycles. The first-order chi connectivity index (χ1) is 9.88. The molecule has 1 rings (SSSR count). The van der Waals surface area contributed by atoms with Gasteiger partial charge in [0.2, 0.25) is 0 Å². The van der Waals surface area contributed by atoms with Crippen LogP contribution in [-0.4, -0.2) is 29.4 Å². The first-order valence-corrected chi connectivity index (χ1v) is 6.27. The highest BCUT2D eigenvalue weighted by atomic mass is 16.6. The normalized spacial score (nSPS) is 10.6. The standard InChI is InChI=1S/C14H16N2O5/c1-10(2)15-13(17)9-21-14(18)8-5-11-3-6-12(7-4-11)16(19)20/h3-8,10H,9H2,1-2H3,(H,15,17)/b8-5+. The van der Waals surface area contributed by atoms with Crippen molar-refractivity contribution in [3.05, 3.63) is 46.0 Å². The lowest BCUT2D eigenvalue weighted by Gasteiger charge is -2.07. The minimum absolute atomic E-state index is 0.0214. The van der Waals surface area contributed by atoms with Crippen LogP contribution in [-0.2, 0) is 14.3 Å². The number of rotatable bonds is 6. The van der Waals surface area contributed by atoms with Crippen molar-refractivity contribution in [1.82, 2.24) is 5.32 Å². The summed E-state index contributed by atoms with van der Waals surface area (Å²) in [7, 11) is 0. The maximum atomic E-state index is 11.4. The molecule has 0 heterocycles. The molecule has 0 aliphatic carbocycles. The fourth-order valence-electron chi connectivity index (χ4n) is 1.42. The second-order valence-corrected chi connectivity index (χ2v) is 4.51. The summed E-state index contributed by atoms with van der Waals surface area (Å²) < 4.78 is 4.74. The van der Waals surface area contributed by atoms with Crippen LogP contribution in [0.2, 0.25) is 0 Å². The highest BCUT2D eigenvalue weighted by Crippen LogP contribution is 2.12. The molecule has 1 aromatic carbocycles. The van der Waals surface area contributed by atoms with Crippen molar-refractivity contribution in [3.63, 3.8) is 0 Å². The van der Waals surface area contributed by atoms with Crippen molar-refractivity contribution >= 4 is 23.6 Å². The van der Waals surface area contributed by atoms with Crippen LogP contribution >= 0.6 is 0 Å². The molecule has 7 nitrogen and oxygen atoms in total. The average Bonchev–Trinajstić information content (AvgIpc) is 2.42. The highest BCUT2D eigenvalue weighted by Gasteiger charge is 2.06. The largest absolute Gasteiger partial charge is 0.452 e. The van der Waals surface area contributed by atoms with Gasteiger partial charge < -0.3 is 10.1 Å². The Labute approximate surface area is 121 Å². The molecule has 0 bridgehead atoms. The van der Waals surface area contributed by atoms with Gasteiger partial charge in [-0.25, -0.2) is 4.79 Å². The van der Waals surface area contributed by atoms with Gasteiger partial charge in [0.15, 0.2) is 6.61 Å². The van der Waals surface area contributed by atoms with Gasteiger partial charge in [-0.15, -0.1) is 0 Å². The number of benzene rings is 1. The zero-order chi connectivity index (χ0) is 15.8. The van der Waals surface area contributed by atoms with Gasteiger partial charge in [0.05, 0.1) is 4.92 Å². The molecule has 0 unspecified atom stereocenters. The van der Waals surface area contributed by atoms with E-state index in [2.05, 4.69) is 5.32 Å². The van der Waals surface area contributed by atoms with E-state index in [0.717, 1.165) is 6.08 Å². The molecule has 0 spiro atoms. The van der Waals surface area contributed by atoms with E-state index >= 15 is 0 Å². The Hall–Kier alpha value is -2.70. The number of amides is 1. The lowest BCUT2D eigenvalue weighted by molar-refractivity contribution is -0.384. The smallest absolute Gasteiger partial charge is 0.331 e. The third kappa shape index (κ3) is 6.33. The van der Waals surface area contributed by atoms with Crippen molar-refractivity contribution < 1.29 is 19.2 Å². The van der Waals surface area contributed by atoms with E-state index < -0.39 is 10.9 Å². The van der Waals surface area contributed by atoms with Gasteiger partial charge >= 0.3 is 5.97 Å². The number of hydrogen-bond acceptors (Lipinski definition) is 5. The fraction of sp³-hybridized carbons (Fsp3) is 0.286. The molecule has 0 saturated carbocycles. The lowest BCUT2D eigenvalue weighted by Crippen LogP contribution is -2.33. The van der Waals surface area contributed by atoms with Crippen molar-refractivity contribution in [3.8, 4) is 0 Å². The molecule has 21 heavy (non-hydrogen) atoms. The topological polar surface area (TPSA) is 98.5 Å². The van der Waals surface area contributed by atoms with Crippen LogP contribution < -0.4 is 5.32 Å². The number of ether oxygens (including phenoxy) is 1. The quantitative estimate of drug-likeness (QED) is 0.372. The van der Waals surface area contributed by atoms with Crippen LogP contribution in [0.15, 0.2) is 30.3 Å². The molecule has 1 aromatic rings. The molecular weight excluding hydrogens is 276 g/mol. The number of esters is 1. The number of nitrogens with zero attached hydrogens (tertiary/aromatic N) is 1. The zero-order valence-electron chi connectivity index (χ0n) is 11.7. The minimum Gasteiger partial charge on any atom is -0.452 e. The van der Waals surface area contributed by atoms with Crippen LogP contribution in [0.1, 0.15) is 19.4 Å². The molecule has 0 atom stereocenters. The molecular formula is C14H16N2O5. The average molecular weight is 292 g/mol. The first kappa shape index (κ1) is 16.4. The summed E-state index contributed by atoms with van der Waals surface area (Å²) >= 11 is 0. The summed E-state index contributed by atoms with van der Waals surface area (Å²) in [5, 5.41) is 13.1. The van der Waals surface area contributed by atoms with Crippen molar-refractivity contribution in [1.29, 1.82) is 0 Å². The molecule has 0 saturated heterocycles. The van der Waals surface area contributed by atoms with Gasteiger partial charge in [0.1, 0.15) is 0 Å². The lowest BCUT2D eigenvalue weighted by atomic mass is 10.2. The number of nitrogens with one attached hydrogen (secondary N) is 1. The van der Waals surface area contributed by atoms with E-state index in [9.17, 15) is 19.7 Å². The van der Waals surface area contributed by atoms with Crippen LogP contribution in [0.25, 0.3) is 6.08 Å².